The highest BCUT2D eigenvalue weighted by Gasteiger charge is 2.10. The smallest absolute Gasteiger partial charge is 0.335 e. The highest BCUT2D eigenvalue weighted by atomic mass is 19.1. The second-order valence-electron chi connectivity index (χ2n) is 4.65. The summed E-state index contributed by atoms with van der Waals surface area (Å²) in [5.41, 5.74) is 1.55. The van der Waals surface area contributed by atoms with Gasteiger partial charge in [-0.1, -0.05) is 0 Å². The van der Waals surface area contributed by atoms with Gasteiger partial charge in [-0.05, 0) is 36.4 Å². The summed E-state index contributed by atoms with van der Waals surface area (Å²) in [5.74, 6) is -2.32. The maximum Gasteiger partial charge on any atom is 0.335 e. The van der Waals surface area contributed by atoms with E-state index in [4.69, 9.17) is 5.11 Å². The molecule has 0 saturated carbocycles. The number of carboxylic acids is 1. The van der Waals surface area contributed by atoms with Crippen molar-refractivity contribution in [1.82, 2.24) is 9.78 Å². The molecule has 22 heavy (non-hydrogen) atoms. The first-order chi connectivity index (χ1) is 10.5. The van der Waals surface area contributed by atoms with Crippen molar-refractivity contribution < 1.29 is 18.7 Å². The first-order valence-electron chi connectivity index (χ1n) is 6.38. The van der Waals surface area contributed by atoms with Crippen LogP contribution in [0.25, 0.3) is 16.8 Å². The van der Waals surface area contributed by atoms with Gasteiger partial charge in [-0.2, -0.15) is 5.10 Å². The zero-order valence-corrected chi connectivity index (χ0v) is 11.2. The van der Waals surface area contributed by atoms with Crippen molar-refractivity contribution in [2.24, 2.45) is 0 Å². The summed E-state index contributed by atoms with van der Waals surface area (Å²) in [6.45, 7) is 0. The minimum absolute atomic E-state index is 0.167. The van der Waals surface area contributed by atoms with Crippen LogP contribution >= 0.6 is 0 Å². The molecule has 3 rings (SSSR count). The van der Waals surface area contributed by atoms with Gasteiger partial charge in [-0.3, -0.25) is 0 Å². The Morgan fingerprint density at radius 2 is 1.82 bits per heavy atom. The fourth-order valence-electron chi connectivity index (χ4n) is 2.08. The molecule has 110 valence electrons. The van der Waals surface area contributed by atoms with Gasteiger partial charge in [0.1, 0.15) is 11.6 Å². The molecule has 0 aliphatic rings. The number of nitrogens with zero attached hydrogens (tertiary/aromatic N) is 2. The summed E-state index contributed by atoms with van der Waals surface area (Å²) in [5, 5.41) is 13.0. The van der Waals surface area contributed by atoms with Crippen LogP contribution in [0.1, 0.15) is 10.4 Å². The van der Waals surface area contributed by atoms with Gasteiger partial charge in [0.15, 0.2) is 0 Å². The lowest BCUT2D eigenvalue weighted by Gasteiger charge is -2.02. The lowest BCUT2D eigenvalue weighted by Crippen LogP contribution is -1.98. The zero-order valence-electron chi connectivity index (χ0n) is 11.2. The molecule has 4 nitrogen and oxygen atoms in total. The van der Waals surface area contributed by atoms with Crippen molar-refractivity contribution >= 4 is 5.97 Å². The van der Waals surface area contributed by atoms with Crippen molar-refractivity contribution in [1.29, 1.82) is 0 Å². The molecule has 0 bridgehead atoms. The van der Waals surface area contributed by atoms with Gasteiger partial charge in [-0.25, -0.2) is 18.3 Å². The lowest BCUT2D eigenvalue weighted by molar-refractivity contribution is 0.0697. The molecule has 1 heterocycles. The SMILES string of the molecule is O=C(O)c1ccc(-n2cc(-c3ccc(F)cc3F)cn2)cc1. The number of rotatable bonds is 3. The van der Waals surface area contributed by atoms with Gasteiger partial charge in [0, 0.05) is 23.4 Å². The van der Waals surface area contributed by atoms with Crippen LogP contribution in [0.4, 0.5) is 8.78 Å². The van der Waals surface area contributed by atoms with E-state index in [1.54, 1.807) is 18.3 Å². The monoisotopic (exact) mass is 300 g/mol. The number of halogens is 2. The zero-order chi connectivity index (χ0) is 15.7. The van der Waals surface area contributed by atoms with Crippen LogP contribution in [0.5, 0.6) is 0 Å². The molecule has 3 aromatic rings. The molecule has 0 atom stereocenters. The van der Waals surface area contributed by atoms with E-state index >= 15 is 0 Å². The molecule has 0 fully saturated rings. The molecule has 0 unspecified atom stereocenters. The highest BCUT2D eigenvalue weighted by Crippen LogP contribution is 2.24. The predicted molar refractivity (Wildman–Crippen MR) is 75.9 cm³/mol. The average Bonchev–Trinajstić information content (AvgIpc) is 2.97. The molecular formula is C16H10F2N2O2. The van der Waals surface area contributed by atoms with Crippen LogP contribution in [-0.4, -0.2) is 20.9 Å². The minimum atomic E-state index is -1.01. The average molecular weight is 300 g/mol. The fourth-order valence-corrected chi connectivity index (χ4v) is 2.08. The van der Waals surface area contributed by atoms with E-state index in [9.17, 15) is 13.6 Å². The predicted octanol–water partition coefficient (Wildman–Crippen LogP) is 3.52. The molecule has 0 spiro atoms. The van der Waals surface area contributed by atoms with Crippen molar-refractivity contribution in [2.75, 3.05) is 0 Å². The summed E-state index contributed by atoms with van der Waals surface area (Å²) < 4.78 is 28.2. The van der Waals surface area contributed by atoms with Crippen LogP contribution < -0.4 is 0 Å². The lowest BCUT2D eigenvalue weighted by atomic mass is 10.1. The summed E-state index contributed by atoms with van der Waals surface area (Å²) in [4.78, 5) is 10.8. The molecule has 0 amide bonds. The van der Waals surface area contributed by atoms with E-state index in [1.165, 1.54) is 35.1 Å². The van der Waals surface area contributed by atoms with Crippen molar-refractivity contribution in [3.8, 4) is 16.8 Å². The third-order valence-corrected chi connectivity index (χ3v) is 3.20. The second kappa shape index (κ2) is 5.40. The second-order valence-corrected chi connectivity index (χ2v) is 4.65. The molecule has 2 aromatic carbocycles. The van der Waals surface area contributed by atoms with E-state index in [0.717, 1.165) is 6.07 Å². The van der Waals surface area contributed by atoms with Gasteiger partial charge in [0.25, 0.3) is 0 Å². The van der Waals surface area contributed by atoms with Gasteiger partial charge in [0.2, 0.25) is 0 Å². The third-order valence-electron chi connectivity index (χ3n) is 3.20. The molecule has 1 N–H and O–H groups in total. The Balaban J connectivity index is 1.95. The minimum Gasteiger partial charge on any atom is -0.478 e. The van der Waals surface area contributed by atoms with Crippen LogP contribution in [0, 0.1) is 11.6 Å². The Morgan fingerprint density at radius 3 is 2.45 bits per heavy atom. The quantitative estimate of drug-likeness (QED) is 0.805. The van der Waals surface area contributed by atoms with Crippen molar-refractivity contribution in [3.05, 3.63) is 72.1 Å². The fraction of sp³-hybridized carbons (Fsp3) is 0. The van der Waals surface area contributed by atoms with E-state index in [-0.39, 0.29) is 11.1 Å². The Labute approximate surface area is 124 Å². The van der Waals surface area contributed by atoms with Crippen LogP contribution in [0.3, 0.4) is 0 Å². The Hall–Kier alpha value is -3.02. The summed E-state index contributed by atoms with van der Waals surface area (Å²) in [7, 11) is 0. The number of carbonyl (C=O) groups is 1. The van der Waals surface area contributed by atoms with E-state index < -0.39 is 17.6 Å². The Morgan fingerprint density at radius 1 is 1.09 bits per heavy atom. The molecule has 0 saturated heterocycles. The highest BCUT2D eigenvalue weighted by molar-refractivity contribution is 5.87. The van der Waals surface area contributed by atoms with Crippen molar-refractivity contribution in [3.63, 3.8) is 0 Å². The molecule has 0 aliphatic carbocycles. The van der Waals surface area contributed by atoms with Crippen LogP contribution in [0.2, 0.25) is 0 Å². The standard InChI is InChI=1S/C16H10F2N2O2/c17-12-3-6-14(15(18)7-12)11-8-19-20(9-11)13-4-1-10(2-5-13)16(21)22/h1-9H,(H,21,22). The molecule has 6 heteroatoms. The van der Waals surface area contributed by atoms with E-state index in [0.29, 0.717) is 11.3 Å². The number of aromatic carboxylic acids is 1. The Kier molecular flexibility index (Phi) is 3.42. The number of hydrogen-bond donors (Lipinski definition) is 1. The molecule has 0 aliphatic heterocycles. The molecule has 0 radical (unpaired) electrons. The number of hydrogen-bond acceptors (Lipinski definition) is 2. The summed E-state index contributed by atoms with van der Waals surface area (Å²) >= 11 is 0. The van der Waals surface area contributed by atoms with Gasteiger partial charge < -0.3 is 5.11 Å². The van der Waals surface area contributed by atoms with E-state index in [2.05, 4.69) is 5.10 Å². The number of aromatic nitrogens is 2. The van der Waals surface area contributed by atoms with Crippen LogP contribution in [0.15, 0.2) is 54.9 Å². The third kappa shape index (κ3) is 2.58. The topological polar surface area (TPSA) is 55.1 Å². The van der Waals surface area contributed by atoms with Gasteiger partial charge in [0.05, 0.1) is 17.4 Å². The largest absolute Gasteiger partial charge is 0.478 e. The Bertz CT molecular complexity index is 842. The van der Waals surface area contributed by atoms with Crippen LogP contribution in [-0.2, 0) is 0 Å². The summed E-state index contributed by atoms with van der Waals surface area (Å²) in [6, 6.07) is 9.45. The van der Waals surface area contributed by atoms with Crippen molar-refractivity contribution in [2.45, 2.75) is 0 Å². The van der Waals surface area contributed by atoms with Gasteiger partial charge >= 0.3 is 5.97 Å². The first-order valence-corrected chi connectivity index (χ1v) is 6.38. The number of benzene rings is 2. The van der Waals surface area contributed by atoms with Gasteiger partial charge in [-0.15, -0.1) is 0 Å². The molecule has 1 aromatic heterocycles. The first kappa shape index (κ1) is 13.9. The maximum atomic E-state index is 13.7. The summed E-state index contributed by atoms with van der Waals surface area (Å²) in [6.07, 6.45) is 3.05. The normalized spacial score (nSPS) is 10.6. The maximum absolute atomic E-state index is 13.7. The number of carboxylic acid groups (broad SMARTS) is 1. The molecular weight excluding hydrogens is 290 g/mol. The van der Waals surface area contributed by atoms with E-state index in [1.807, 2.05) is 0 Å².